The number of rotatable bonds is 7. The number of hydrogen-bond acceptors (Lipinski definition) is 3. The van der Waals surface area contributed by atoms with Gasteiger partial charge in [-0.25, -0.2) is 8.42 Å². The maximum atomic E-state index is 12.1. The number of nitrogens with one attached hydrogen (secondary N) is 2. The smallest absolute Gasteiger partial charge is 0.251 e. The SMILES string of the molecule is CCCS(=O)(=O)Nc1cccc(C(=O)N[C@H](C)C(C)C)c1. The van der Waals surface area contributed by atoms with Gasteiger partial charge in [0.15, 0.2) is 0 Å². The van der Waals surface area contributed by atoms with Gasteiger partial charge in [0.1, 0.15) is 0 Å². The minimum Gasteiger partial charge on any atom is -0.349 e. The summed E-state index contributed by atoms with van der Waals surface area (Å²) in [6, 6.07) is 6.57. The zero-order valence-corrected chi connectivity index (χ0v) is 13.8. The number of sulfonamides is 1. The Hall–Kier alpha value is -1.56. The Kier molecular flexibility index (Phi) is 6.20. The Bertz CT molecular complexity index is 582. The van der Waals surface area contributed by atoms with Crippen LogP contribution in [0, 0.1) is 5.92 Å². The summed E-state index contributed by atoms with van der Waals surface area (Å²) in [5.74, 6) is 0.196. The number of carbonyl (C=O) groups is 1. The molecule has 118 valence electrons. The molecule has 0 aromatic heterocycles. The topological polar surface area (TPSA) is 75.3 Å². The largest absolute Gasteiger partial charge is 0.349 e. The van der Waals surface area contributed by atoms with Crippen LogP contribution in [0.3, 0.4) is 0 Å². The fourth-order valence-corrected chi connectivity index (χ4v) is 2.81. The average molecular weight is 312 g/mol. The maximum Gasteiger partial charge on any atom is 0.251 e. The van der Waals surface area contributed by atoms with E-state index in [1.54, 1.807) is 31.2 Å². The van der Waals surface area contributed by atoms with Gasteiger partial charge >= 0.3 is 0 Å². The minimum absolute atomic E-state index is 0.0536. The summed E-state index contributed by atoms with van der Waals surface area (Å²) in [6.07, 6.45) is 0.543. The zero-order chi connectivity index (χ0) is 16.0. The molecule has 0 saturated carbocycles. The molecule has 1 rings (SSSR count). The van der Waals surface area contributed by atoms with Crippen molar-refractivity contribution in [2.75, 3.05) is 10.5 Å². The highest BCUT2D eigenvalue weighted by Crippen LogP contribution is 2.13. The Balaban J connectivity index is 2.83. The zero-order valence-electron chi connectivity index (χ0n) is 13.0. The first kappa shape index (κ1) is 17.5. The van der Waals surface area contributed by atoms with Crippen LogP contribution in [0.4, 0.5) is 5.69 Å². The molecule has 2 N–H and O–H groups in total. The molecular weight excluding hydrogens is 288 g/mol. The van der Waals surface area contributed by atoms with Crippen molar-refractivity contribution < 1.29 is 13.2 Å². The van der Waals surface area contributed by atoms with Crippen LogP contribution < -0.4 is 10.0 Å². The van der Waals surface area contributed by atoms with Gasteiger partial charge in [0.2, 0.25) is 10.0 Å². The van der Waals surface area contributed by atoms with Gasteiger partial charge in [0.05, 0.1) is 5.75 Å². The number of anilines is 1. The van der Waals surface area contributed by atoms with Crippen LogP contribution in [-0.2, 0) is 10.0 Å². The average Bonchev–Trinajstić information content (AvgIpc) is 2.37. The lowest BCUT2D eigenvalue weighted by Gasteiger charge is -2.17. The standard InChI is InChI=1S/C15H24N2O3S/c1-5-9-21(19,20)17-14-8-6-7-13(10-14)15(18)16-12(4)11(2)3/h6-8,10-12,17H,5,9H2,1-4H3,(H,16,18)/t12-/m1/s1. The third-order valence-corrected chi connectivity index (χ3v) is 4.72. The molecule has 6 heteroatoms. The third-order valence-electron chi connectivity index (χ3n) is 3.23. The molecule has 1 atom stereocenters. The first-order valence-corrected chi connectivity index (χ1v) is 8.82. The van der Waals surface area contributed by atoms with E-state index in [9.17, 15) is 13.2 Å². The van der Waals surface area contributed by atoms with Crippen molar-refractivity contribution in [3.63, 3.8) is 0 Å². The summed E-state index contributed by atoms with van der Waals surface area (Å²) < 4.78 is 26.0. The normalized spacial score (nSPS) is 13.0. The minimum atomic E-state index is -3.35. The molecule has 1 amide bonds. The predicted octanol–water partition coefficient (Wildman–Crippen LogP) is 2.61. The molecule has 1 aromatic rings. The van der Waals surface area contributed by atoms with Crippen LogP contribution in [0.5, 0.6) is 0 Å². The summed E-state index contributed by atoms with van der Waals surface area (Å²) in [7, 11) is -3.35. The van der Waals surface area contributed by atoms with Gasteiger partial charge in [-0.15, -0.1) is 0 Å². The molecule has 0 saturated heterocycles. The van der Waals surface area contributed by atoms with Crippen molar-refractivity contribution >= 4 is 21.6 Å². The maximum absolute atomic E-state index is 12.1. The molecule has 0 heterocycles. The Labute approximate surface area is 127 Å². The molecule has 0 radical (unpaired) electrons. The van der Waals surface area contributed by atoms with Crippen molar-refractivity contribution in [2.24, 2.45) is 5.92 Å². The van der Waals surface area contributed by atoms with Gasteiger partial charge in [0, 0.05) is 17.3 Å². The van der Waals surface area contributed by atoms with Gasteiger partial charge < -0.3 is 5.32 Å². The predicted molar refractivity (Wildman–Crippen MR) is 85.9 cm³/mol. The van der Waals surface area contributed by atoms with Crippen molar-refractivity contribution in [1.29, 1.82) is 0 Å². The van der Waals surface area contributed by atoms with E-state index < -0.39 is 10.0 Å². The third kappa shape index (κ3) is 5.75. The van der Waals surface area contributed by atoms with E-state index in [4.69, 9.17) is 0 Å². The second kappa shape index (κ2) is 7.45. The second-order valence-corrected chi connectivity index (χ2v) is 7.35. The van der Waals surface area contributed by atoms with E-state index in [1.807, 2.05) is 20.8 Å². The molecule has 1 aromatic carbocycles. The van der Waals surface area contributed by atoms with E-state index in [0.29, 0.717) is 23.6 Å². The summed E-state index contributed by atoms with van der Waals surface area (Å²) in [4.78, 5) is 12.1. The van der Waals surface area contributed by atoms with Crippen LogP contribution >= 0.6 is 0 Å². The van der Waals surface area contributed by atoms with Gasteiger partial charge in [0.25, 0.3) is 5.91 Å². The van der Waals surface area contributed by atoms with Crippen molar-refractivity contribution in [2.45, 2.75) is 40.2 Å². The lowest BCUT2D eigenvalue weighted by molar-refractivity contribution is 0.0930. The molecule has 0 fully saturated rings. The van der Waals surface area contributed by atoms with Crippen LogP contribution in [0.15, 0.2) is 24.3 Å². The number of carbonyl (C=O) groups excluding carboxylic acids is 1. The van der Waals surface area contributed by atoms with Gasteiger partial charge in [-0.2, -0.15) is 0 Å². The van der Waals surface area contributed by atoms with E-state index >= 15 is 0 Å². The molecule has 21 heavy (non-hydrogen) atoms. The first-order chi connectivity index (χ1) is 9.75. The quantitative estimate of drug-likeness (QED) is 0.812. The van der Waals surface area contributed by atoms with Crippen LogP contribution in [-0.4, -0.2) is 26.1 Å². The molecule has 5 nitrogen and oxygen atoms in total. The molecule has 0 aliphatic carbocycles. The Morgan fingerprint density at radius 3 is 2.48 bits per heavy atom. The summed E-state index contributed by atoms with van der Waals surface area (Å²) in [5, 5.41) is 2.89. The Morgan fingerprint density at radius 1 is 1.24 bits per heavy atom. The van der Waals surface area contributed by atoms with Crippen molar-refractivity contribution in [1.82, 2.24) is 5.32 Å². The van der Waals surface area contributed by atoms with Crippen molar-refractivity contribution in [3.05, 3.63) is 29.8 Å². The van der Waals surface area contributed by atoms with E-state index in [1.165, 1.54) is 0 Å². The monoisotopic (exact) mass is 312 g/mol. The number of amides is 1. The lowest BCUT2D eigenvalue weighted by atomic mass is 10.1. The fourth-order valence-electron chi connectivity index (χ4n) is 1.68. The van der Waals surface area contributed by atoms with Crippen LogP contribution in [0.2, 0.25) is 0 Å². The number of hydrogen-bond donors (Lipinski definition) is 2. The summed E-state index contributed by atoms with van der Waals surface area (Å²) >= 11 is 0. The lowest BCUT2D eigenvalue weighted by Crippen LogP contribution is -2.36. The highest BCUT2D eigenvalue weighted by atomic mass is 32.2. The van der Waals surface area contributed by atoms with E-state index in [0.717, 1.165) is 0 Å². The van der Waals surface area contributed by atoms with Crippen LogP contribution in [0.1, 0.15) is 44.5 Å². The number of benzene rings is 1. The molecular formula is C15H24N2O3S. The fraction of sp³-hybridized carbons (Fsp3) is 0.533. The van der Waals surface area contributed by atoms with Crippen LogP contribution in [0.25, 0.3) is 0 Å². The Morgan fingerprint density at radius 2 is 1.90 bits per heavy atom. The van der Waals surface area contributed by atoms with E-state index in [-0.39, 0.29) is 17.7 Å². The summed E-state index contributed by atoms with van der Waals surface area (Å²) in [6.45, 7) is 7.80. The molecule has 0 aliphatic heterocycles. The van der Waals surface area contributed by atoms with Gasteiger partial charge in [-0.1, -0.05) is 26.8 Å². The summed E-state index contributed by atoms with van der Waals surface area (Å²) in [5.41, 5.74) is 0.854. The highest BCUT2D eigenvalue weighted by Gasteiger charge is 2.14. The first-order valence-electron chi connectivity index (χ1n) is 7.16. The molecule has 0 bridgehead atoms. The molecule has 0 spiro atoms. The second-order valence-electron chi connectivity index (χ2n) is 5.51. The van der Waals surface area contributed by atoms with E-state index in [2.05, 4.69) is 10.0 Å². The highest BCUT2D eigenvalue weighted by molar-refractivity contribution is 7.92. The molecule has 0 unspecified atom stereocenters. The van der Waals surface area contributed by atoms with Crippen molar-refractivity contribution in [3.8, 4) is 0 Å². The van der Waals surface area contributed by atoms with Gasteiger partial charge in [-0.3, -0.25) is 9.52 Å². The van der Waals surface area contributed by atoms with Gasteiger partial charge in [-0.05, 0) is 37.5 Å². The molecule has 0 aliphatic rings.